The molecule has 0 bridgehead atoms. The van der Waals surface area contributed by atoms with Crippen LogP contribution in [0.2, 0.25) is 0 Å². The molecular weight excluding hydrogens is 292 g/mol. The fraction of sp³-hybridized carbons (Fsp3) is 0.400. The van der Waals surface area contributed by atoms with E-state index in [4.69, 9.17) is 9.72 Å². The molecule has 1 aliphatic rings. The summed E-state index contributed by atoms with van der Waals surface area (Å²) in [5.74, 6) is 0. The minimum Gasteiger partial charge on any atom is -0.378 e. The maximum absolute atomic E-state index is 5.49. The van der Waals surface area contributed by atoms with Crippen molar-refractivity contribution in [1.29, 1.82) is 0 Å². The molecule has 1 aliphatic heterocycles. The number of morpholine rings is 1. The highest BCUT2D eigenvalue weighted by Gasteiger charge is 2.18. The number of ether oxygens (including phenoxy) is 1. The Labute approximate surface area is 129 Å². The summed E-state index contributed by atoms with van der Waals surface area (Å²) in [7, 11) is 0. The molecule has 1 atom stereocenters. The fourth-order valence-electron chi connectivity index (χ4n) is 2.21. The van der Waals surface area contributed by atoms with Crippen LogP contribution in [0.5, 0.6) is 0 Å². The van der Waals surface area contributed by atoms with Gasteiger partial charge in [-0.2, -0.15) is 0 Å². The van der Waals surface area contributed by atoms with Gasteiger partial charge < -0.3 is 10.1 Å². The van der Waals surface area contributed by atoms with Crippen molar-refractivity contribution >= 4 is 23.7 Å². The third kappa shape index (κ3) is 3.20. The van der Waals surface area contributed by atoms with Crippen molar-refractivity contribution in [2.45, 2.75) is 19.9 Å². The lowest BCUT2D eigenvalue weighted by Gasteiger charge is -2.21. The lowest BCUT2D eigenvalue weighted by molar-refractivity contribution is 0.0768. The molecule has 108 valence electrons. The largest absolute Gasteiger partial charge is 0.378 e. The smallest absolute Gasteiger partial charge is 0.113 e. The molecule has 20 heavy (non-hydrogen) atoms. The van der Waals surface area contributed by atoms with E-state index >= 15 is 0 Å². The molecule has 1 aromatic heterocycles. The molecule has 2 heterocycles. The van der Waals surface area contributed by atoms with Crippen molar-refractivity contribution in [2.75, 3.05) is 19.8 Å². The third-order valence-corrected chi connectivity index (χ3v) is 4.50. The van der Waals surface area contributed by atoms with Gasteiger partial charge in [0.1, 0.15) is 5.01 Å². The molecule has 0 spiro atoms. The van der Waals surface area contributed by atoms with Gasteiger partial charge in [-0.3, -0.25) is 0 Å². The number of hydrogen-bond acceptors (Lipinski definition) is 4. The van der Waals surface area contributed by atoms with Crippen LogP contribution in [-0.2, 0) is 4.74 Å². The topological polar surface area (TPSA) is 34.1 Å². The molecule has 0 saturated carbocycles. The molecule has 3 nitrogen and oxygen atoms in total. The first-order chi connectivity index (χ1) is 9.24. The summed E-state index contributed by atoms with van der Waals surface area (Å²) < 4.78 is 5.49. The zero-order chi connectivity index (χ0) is 13.2. The van der Waals surface area contributed by atoms with E-state index in [1.165, 1.54) is 16.7 Å². The predicted octanol–water partition coefficient (Wildman–Crippen LogP) is 3.51. The van der Waals surface area contributed by atoms with E-state index in [1.807, 2.05) is 0 Å². The second-order valence-corrected chi connectivity index (χ2v) is 5.84. The van der Waals surface area contributed by atoms with E-state index in [2.05, 4.69) is 42.7 Å². The number of aromatic nitrogens is 1. The van der Waals surface area contributed by atoms with Crippen molar-refractivity contribution in [3.8, 4) is 11.3 Å². The van der Waals surface area contributed by atoms with E-state index in [1.54, 1.807) is 11.3 Å². The molecule has 0 amide bonds. The Morgan fingerprint density at radius 1 is 1.30 bits per heavy atom. The number of aryl methyl sites for hydroxylation is 2. The highest BCUT2D eigenvalue weighted by Crippen LogP contribution is 2.27. The molecule has 0 radical (unpaired) electrons. The number of rotatable bonds is 2. The Hall–Kier alpha value is -0.940. The molecular formula is C15H19ClN2OS. The SMILES string of the molecule is Cc1ccc(-c2csc(C3COCCN3)n2)cc1C.Cl. The van der Waals surface area contributed by atoms with Crippen LogP contribution >= 0.6 is 23.7 Å². The van der Waals surface area contributed by atoms with Crippen molar-refractivity contribution in [3.05, 3.63) is 39.7 Å². The first kappa shape index (κ1) is 15.4. The van der Waals surface area contributed by atoms with E-state index in [9.17, 15) is 0 Å². The zero-order valence-corrected chi connectivity index (χ0v) is 13.3. The van der Waals surface area contributed by atoms with Crippen LogP contribution in [0, 0.1) is 13.8 Å². The lowest BCUT2D eigenvalue weighted by Crippen LogP contribution is -2.34. The first-order valence-electron chi connectivity index (χ1n) is 6.58. The van der Waals surface area contributed by atoms with Gasteiger partial charge in [-0.25, -0.2) is 4.98 Å². The predicted molar refractivity (Wildman–Crippen MR) is 85.8 cm³/mol. The van der Waals surface area contributed by atoms with Gasteiger partial charge in [0.05, 0.1) is 24.9 Å². The van der Waals surface area contributed by atoms with Gasteiger partial charge in [-0.1, -0.05) is 12.1 Å². The molecule has 1 fully saturated rings. The monoisotopic (exact) mass is 310 g/mol. The molecule has 1 aromatic carbocycles. The van der Waals surface area contributed by atoms with Gasteiger partial charge in [-0.15, -0.1) is 23.7 Å². The summed E-state index contributed by atoms with van der Waals surface area (Å²) >= 11 is 1.71. The number of benzene rings is 1. The first-order valence-corrected chi connectivity index (χ1v) is 7.46. The van der Waals surface area contributed by atoms with Gasteiger partial charge >= 0.3 is 0 Å². The third-order valence-electron chi connectivity index (χ3n) is 3.54. The van der Waals surface area contributed by atoms with Crippen LogP contribution in [0.3, 0.4) is 0 Å². The van der Waals surface area contributed by atoms with E-state index < -0.39 is 0 Å². The Morgan fingerprint density at radius 3 is 2.85 bits per heavy atom. The number of hydrogen-bond donors (Lipinski definition) is 1. The minimum atomic E-state index is 0. The number of nitrogens with one attached hydrogen (secondary N) is 1. The van der Waals surface area contributed by atoms with Crippen LogP contribution in [0.4, 0.5) is 0 Å². The van der Waals surface area contributed by atoms with Gasteiger partial charge in [0.15, 0.2) is 0 Å². The Balaban J connectivity index is 0.00000147. The summed E-state index contributed by atoms with van der Waals surface area (Å²) in [6.45, 7) is 6.70. The molecule has 1 N–H and O–H groups in total. The fourth-order valence-corrected chi connectivity index (χ4v) is 3.09. The Kier molecular flexibility index (Phi) is 5.16. The summed E-state index contributed by atoms with van der Waals surface area (Å²) in [6.07, 6.45) is 0. The Bertz CT molecular complexity index is 579. The maximum Gasteiger partial charge on any atom is 0.113 e. The average Bonchev–Trinajstić information content (AvgIpc) is 2.93. The van der Waals surface area contributed by atoms with Crippen molar-refractivity contribution in [3.63, 3.8) is 0 Å². The van der Waals surface area contributed by atoms with Gasteiger partial charge in [0.2, 0.25) is 0 Å². The van der Waals surface area contributed by atoms with E-state index in [0.29, 0.717) is 0 Å². The van der Waals surface area contributed by atoms with Crippen LogP contribution in [0.25, 0.3) is 11.3 Å². The van der Waals surface area contributed by atoms with Gasteiger partial charge in [-0.05, 0) is 31.0 Å². The molecule has 1 unspecified atom stereocenters. The van der Waals surface area contributed by atoms with Crippen LogP contribution in [0.15, 0.2) is 23.6 Å². The molecule has 1 saturated heterocycles. The minimum absolute atomic E-state index is 0. The second-order valence-electron chi connectivity index (χ2n) is 4.95. The lowest BCUT2D eigenvalue weighted by atomic mass is 10.1. The highest BCUT2D eigenvalue weighted by atomic mass is 35.5. The highest BCUT2D eigenvalue weighted by molar-refractivity contribution is 7.10. The average molecular weight is 311 g/mol. The van der Waals surface area contributed by atoms with Crippen LogP contribution < -0.4 is 5.32 Å². The molecule has 3 rings (SSSR count). The number of thiazole rings is 1. The van der Waals surface area contributed by atoms with Gasteiger partial charge in [0, 0.05) is 17.5 Å². The van der Waals surface area contributed by atoms with Crippen molar-refractivity contribution in [1.82, 2.24) is 10.3 Å². The molecule has 5 heteroatoms. The summed E-state index contributed by atoms with van der Waals surface area (Å²) in [6, 6.07) is 6.76. The van der Waals surface area contributed by atoms with Crippen molar-refractivity contribution < 1.29 is 4.74 Å². The summed E-state index contributed by atoms with van der Waals surface area (Å²) in [5.41, 5.74) is 4.89. The number of halogens is 1. The summed E-state index contributed by atoms with van der Waals surface area (Å²) in [4.78, 5) is 4.75. The summed E-state index contributed by atoms with van der Waals surface area (Å²) in [5, 5.41) is 6.70. The van der Waals surface area contributed by atoms with Gasteiger partial charge in [0.25, 0.3) is 0 Å². The van der Waals surface area contributed by atoms with E-state index in [-0.39, 0.29) is 18.4 Å². The zero-order valence-electron chi connectivity index (χ0n) is 11.7. The standard InChI is InChI=1S/C15H18N2OS.ClH/c1-10-3-4-12(7-11(10)2)14-9-19-15(17-14)13-8-18-6-5-16-13;/h3-4,7,9,13,16H,5-6,8H2,1-2H3;1H. The maximum atomic E-state index is 5.49. The normalized spacial score (nSPS) is 18.6. The molecule has 2 aromatic rings. The second kappa shape index (κ2) is 6.68. The van der Waals surface area contributed by atoms with Crippen molar-refractivity contribution in [2.24, 2.45) is 0 Å². The number of nitrogens with zero attached hydrogens (tertiary/aromatic N) is 1. The van der Waals surface area contributed by atoms with E-state index in [0.717, 1.165) is 30.5 Å². The van der Waals surface area contributed by atoms with Crippen LogP contribution in [0.1, 0.15) is 22.2 Å². The van der Waals surface area contributed by atoms with Crippen LogP contribution in [-0.4, -0.2) is 24.7 Å². The Morgan fingerprint density at radius 2 is 2.15 bits per heavy atom. The quantitative estimate of drug-likeness (QED) is 0.921. The molecule has 0 aliphatic carbocycles.